The lowest BCUT2D eigenvalue weighted by Crippen LogP contribution is -2.63. The van der Waals surface area contributed by atoms with Crippen molar-refractivity contribution in [1.29, 1.82) is 0 Å². The highest BCUT2D eigenvalue weighted by Gasteiger charge is 2.46. The second kappa shape index (κ2) is 4.54. The van der Waals surface area contributed by atoms with Gasteiger partial charge in [0.05, 0.1) is 5.60 Å². The van der Waals surface area contributed by atoms with Crippen LogP contribution in [0.15, 0.2) is 20.7 Å². The SMILES string of the molecule is CCC1(O)CN(S(=O)(=O)c2cn(C)c(=O)n(C)c2=O)C1. The summed E-state index contributed by atoms with van der Waals surface area (Å²) >= 11 is 0. The highest BCUT2D eigenvalue weighted by Crippen LogP contribution is 2.28. The smallest absolute Gasteiger partial charge is 0.330 e. The van der Waals surface area contributed by atoms with E-state index in [-0.39, 0.29) is 13.1 Å². The molecule has 1 saturated heterocycles. The second-order valence-electron chi connectivity index (χ2n) is 5.10. The van der Waals surface area contributed by atoms with E-state index in [4.69, 9.17) is 0 Å². The van der Waals surface area contributed by atoms with E-state index in [0.717, 1.165) is 19.6 Å². The number of aryl methyl sites for hydroxylation is 1. The molecule has 0 aliphatic carbocycles. The molecule has 0 aromatic carbocycles. The van der Waals surface area contributed by atoms with Crippen molar-refractivity contribution in [1.82, 2.24) is 13.4 Å². The van der Waals surface area contributed by atoms with Gasteiger partial charge in [-0.15, -0.1) is 0 Å². The van der Waals surface area contributed by atoms with Crippen LogP contribution in [0.5, 0.6) is 0 Å². The number of nitrogens with zero attached hydrogens (tertiary/aromatic N) is 3. The molecule has 9 heteroatoms. The van der Waals surface area contributed by atoms with Crippen LogP contribution < -0.4 is 11.2 Å². The Morgan fingerprint density at radius 2 is 1.85 bits per heavy atom. The molecule has 20 heavy (non-hydrogen) atoms. The Morgan fingerprint density at radius 3 is 2.35 bits per heavy atom. The Hall–Kier alpha value is -1.45. The summed E-state index contributed by atoms with van der Waals surface area (Å²) in [6.07, 6.45) is 1.45. The predicted octanol–water partition coefficient (Wildman–Crippen LogP) is -1.77. The fourth-order valence-electron chi connectivity index (χ4n) is 2.09. The standard InChI is InChI=1S/C11H17N3O5S/c1-4-11(17)6-14(7-11)20(18,19)8-5-12(2)10(16)13(3)9(8)15/h5,17H,4,6-7H2,1-3H3. The predicted molar refractivity (Wildman–Crippen MR) is 70.9 cm³/mol. The largest absolute Gasteiger partial charge is 0.387 e. The van der Waals surface area contributed by atoms with Crippen molar-refractivity contribution in [3.05, 3.63) is 27.0 Å². The van der Waals surface area contributed by atoms with Crippen molar-refractivity contribution < 1.29 is 13.5 Å². The summed E-state index contributed by atoms with van der Waals surface area (Å²) in [7, 11) is -1.40. The van der Waals surface area contributed by atoms with Gasteiger partial charge in [0.25, 0.3) is 5.56 Å². The van der Waals surface area contributed by atoms with Gasteiger partial charge in [-0.2, -0.15) is 4.31 Å². The Labute approximate surface area is 115 Å². The van der Waals surface area contributed by atoms with Gasteiger partial charge in [-0.25, -0.2) is 13.2 Å². The molecule has 0 saturated carbocycles. The van der Waals surface area contributed by atoms with Crippen LogP contribution in [0.4, 0.5) is 0 Å². The van der Waals surface area contributed by atoms with Crippen molar-refractivity contribution in [3.8, 4) is 0 Å². The minimum absolute atomic E-state index is 0.0438. The first-order chi connectivity index (χ1) is 9.12. The normalized spacial score (nSPS) is 18.8. The minimum atomic E-state index is -4.00. The van der Waals surface area contributed by atoms with Crippen molar-refractivity contribution in [2.75, 3.05) is 13.1 Å². The molecule has 0 atom stereocenters. The maximum Gasteiger partial charge on any atom is 0.330 e. The zero-order valence-corrected chi connectivity index (χ0v) is 12.3. The van der Waals surface area contributed by atoms with Gasteiger partial charge in [0.1, 0.15) is 0 Å². The first kappa shape index (κ1) is 14.9. The van der Waals surface area contributed by atoms with Gasteiger partial charge >= 0.3 is 5.69 Å². The summed E-state index contributed by atoms with van der Waals surface area (Å²) in [6.45, 7) is 1.67. The molecule has 1 aromatic rings. The summed E-state index contributed by atoms with van der Waals surface area (Å²) in [5.74, 6) is 0. The van der Waals surface area contributed by atoms with Crippen LogP contribution >= 0.6 is 0 Å². The molecule has 8 nitrogen and oxygen atoms in total. The molecule has 2 heterocycles. The van der Waals surface area contributed by atoms with Gasteiger partial charge in [-0.1, -0.05) is 6.92 Å². The zero-order chi connectivity index (χ0) is 15.3. The number of sulfonamides is 1. The van der Waals surface area contributed by atoms with E-state index in [1.807, 2.05) is 0 Å². The maximum atomic E-state index is 12.3. The minimum Gasteiger partial charge on any atom is -0.387 e. The molecule has 1 aliphatic heterocycles. The molecule has 0 radical (unpaired) electrons. The van der Waals surface area contributed by atoms with Crippen molar-refractivity contribution in [3.63, 3.8) is 0 Å². The van der Waals surface area contributed by atoms with Crippen LogP contribution in [0.25, 0.3) is 0 Å². The van der Waals surface area contributed by atoms with Crippen LogP contribution in [-0.4, -0.2) is 45.7 Å². The molecule has 0 spiro atoms. The third-order valence-electron chi connectivity index (χ3n) is 3.63. The first-order valence-corrected chi connectivity index (χ1v) is 7.55. The van der Waals surface area contributed by atoms with Crippen LogP contribution in [0.3, 0.4) is 0 Å². The molecule has 1 fully saturated rings. The van der Waals surface area contributed by atoms with Crippen molar-refractivity contribution in [2.45, 2.75) is 23.8 Å². The molecule has 0 bridgehead atoms. The number of aliphatic hydroxyl groups is 1. The van der Waals surface area contributed by atoms with Gasteiger partial charge in [-0.05, 0) is 6.42 Å². The fraction of sp³-hybridized carbons (Fsp3) is 0.636. The summed E-state index contributed by atoms with van der Waals surface area (Å²) in [5, 5.41) is 9.88. The van der Waals surface area contributed by atoms with E-state index < -0.39 is 31.8 Å². The van der Waals surface area contributed by atoms with Gasteiger partial charge in [0, 0.05) is 33.4 Å². The highest BCUT2D eigenvalue weighted by atomic mass is 32.2. The summed E-state index contributed by atoms with van der Waals surface area (Å²) < 4.78 is 27.5. The van der Waals surface area contributed by atoms with Crippen LogP contribution in [0, 0.1) is 0 Å². The average Bonchev–Trinajstić information content (AvgIpc) is 2.36. The quantitative estimate of drug-likeness (QED) is 0.712. The lowest BCUT2D eigenvalue weighted by atomic mass is 9.94. The number of hydrogen-bond donors (Lipinski definition) is 1. The molecular formula is C11H17N3O5S. The van der Waals surface area contributed by atoms with Gasteiger partial charge in [0.2, 0.25) is 10.0 Å². The summed E-state index contributed by atoms with van der Waals surface area (Å²) in [6, 6.07) is 0. The number of hydrogen-bond acceptors (Lipinski definition) is 5. The van der Waals surface area contributed by atoms with Gasteiger partial charge < -0.3 is 9.67 Å². The number of rotatable bonds is 3. The van der Waals surface area contributed by atoms with E-state index in [2.05, 4.69) is 0 Å². The molecule has 0 unspecified atom stereocenters. The topological polar surface area (TPSA) is 102 Å². The molecule has 1 N–H and O–H groups in total. The number of β-amino-alcohol motifs (C(OH)–C–C–N with tert-alkyl or cyclic N) is 1. The molecule has 1 aliphatic rings. The summed E-state index contributed by atoms with van der Waals surface area (Å²) in [4.78, 5) is 23.0. The van der Waals surface area contributed by atoms with E-state index in [0.29, 0.717) is 6.42 Å². The fourth-order valence-corrected chi connectivity index (χ4v) is 3.84. The molecule has 2 rings (SSSR count). The van der Waals surface area contributed by atoms with E-state index in [9.17, 15) is 23.1 Å². The highest BCUT2D eigenvalue weighted by molar-refractivity contribution is 7.89. The maximum absolute atomic E-state index is 12.3. The third-order valence-corrected chi connectivity index (χ3v) is 5.41. The van der Waals surface area contributed by atoms with Crippen LogP contribution in [-0.2, 0) is 24.1 Å². The van der Waals surface area contributed by atoms with Gasteiger partial charge in [-0.3, -0.25) is 9.36 Å². The average molecular weight is 303 g/mol. The molecule has 0 amide bonds. The first-order valence-electron chi connectivity index (χ1n) is 6.11. The van der Waals surface area contributed by atoms with E-state index in [1.165, 1.54) is 14.1 Å². The molecule has 112 valence electrons. The summed E-state index contributed by atoms with van der Waals surface area (Å²) in [5.41, 5.74) is -2.48. The lowest BCUT2D eigenvalue weighted by Gasteiger charge is -2.44. The van der Waals surface area contributed by atoms with Crippen LogP contribution in [0.1, 0.15) is 13.3 Å². The Kier molecular flexibility index (Phi) is 3.39. The van der Waals surface area contributed by atoms with Gasteiger partial charge in [0.15, 0.2) is 4.90 Å². The monoisotopic (exact) mass is 303 g/mol. The number of aromatic nitrogens is 2. The van der Waals surface area contributed by atoms with Crippen LogP contribution in [0.2, 0.25) is 0 Å². The zero-order valence-electron chi connectivity index (χ0n) is 11.5. The lowest BCUT2D eigenvalue weighted by molar-refractivity contribution is -0.0613. The third kappa shape index (κ3) is 2.11. The van der Waals surface area contributed by atoms with Crippen molar-refractivity contribution >= 4 is 10.0 Å². The Morgan fingerprint density at radius 1 is 1.30 bits per heavy atom. The van der Waals surface area contributed by atoms with E-state index in [1.54, 1.807) is 6.92 Å². The van der Waals surface area contributed by atoms with E-state index >= 15 is 0 Å². The molecule has 1 aromatic heterocycles. The molecular weight excluding hydrogens is 286 g/mol. The van der Waals surface area contributed by atoms with Crippen molar-refractivity contribution in [2.24, 2.45) is 14.1 Å². The Bertz CT molecular complexity index is 755. The second-order valence-corrected chi connectivity index (χ2v) is 7.01. The Balaban J connectivity index is 2.48.